The molecule has 28 heavy (non-hydrogen) atoms. The zero-order chi connectivity index (χ0) is 19.9. The average molecular weight is 387 g/mol. The number of rotatable bonds is 5. The van der Waals surface area contributed by atoms with Crippen LogP contribution in [0, 0.1) is 0 Å². The molecule has 2 unspecified atom stereocenters. The molecule has 1 N–H and O–H groups in total. The van der Waals surface area contributed by atoms with Gasteiger partial charge in [-0.2, -0.15) is 13.2 Å². The first-order valence-electron chi connectivity index (χ1n) is 9.29. The summed E-state index contributed by atoms with van der Waals surface area (Å²) in [5.41, 5.74) is 0.587. The van der Waals surface area contributed by atoms with Crippen molar-refractivity contribution in [1.29, 1.82) is 0 Å². The summed E-state index contributed by atoms with van der Waals surface area (Å²) in [6.45, 7) is 1.89. The Labute approximate surface area is 161 Å². The molecule has 0 amide bonds. The Morgan fingerprint density at radius 1 is 1.07 bits per heavy atom. The lowest BCUT2D eigenvalue weighted by molar-refractivity contribution is -0.137. The van der Waals surface area contributed by atoms with Crippen LogP contribution in [0.5, 0.6) is 0 Å². The van der Waals surface area contributed by atoms with Crippen LogP contribution in [0.15, 0.2) is 60.5 Å². The van der Waals surface area contributed by atoms with E-state index in [-0.39, 0.29) is 28.9 Å². The molecule has 3 nitrogen and oxygen atoms in total. The second kappa shape index (κ2) is 7.00. The number of nitrogens with one attached hydrogen (secondary N) is 1. The van der Waals surface area contributed by atoms with E-state index in [4.69, 9.17) is 4.74 Å². The van der Waals surface area contributed by atoms with E-state index in [1.54, 1.807) is 0 Å². The van der Waals surface area contributed by atoms with E-state index in [0.29, 0.717) is 5.88 Å². The highest BCUT2D eigenvalue weighted by Crippen LogP contribution is 2.39. The van der Waals surface area contributed by atoms with E-state index >= 15 is 0 Å². The van der Waals surface area contributed by atoms with Crippen molar-refractivity contribution in [1.82, 2.24) is 5.32 Å². The van der Waals surface area contributed by atoms with Crippen LogP contribution in [0.25, 0.3) is 5.57 Å². The van der Waals surface area contributed by atoms with Gasteiger partial charge in [0.05, 0.1) is 11.1 Å². The van der Waals surface area contributed by atoms with E-state index in [1.807, 2.05) is 37.3 Å². The lowest BCUT2D eigenvalue weighted by atomic mass is 9.89. The number of benzene rings is 2. The molecule has 2 aromatic carbocycles. The highest BCUT2D eigenvalue weighted by Gasteiger charge is 2.42. The van der Waals surface area contributed by atoms with Gasteiger partial charge in [0, 0.05) is 12.0 Å². The third kappa shape index (κ3) is 3.63. The van der Waals surface area contributed by atoms with Crippen molar-refractivity contribution < 1.29 is 22.7 Å². The van der Waals surface area contributed by atoms with Gasteiger partial charge in [0.2, 0.25) is 5.78 Å². The maximum atomic E-state index is 13.2. The molecule has 1 heterocycles. The predicted octanol–water partition coefficient (Wildman–Crippen LogP) is 4.90. The predicted molar refractivity (Wildman–Crippen MR) is 99.3 cm³/mol. The number of carbonyl (C=O) groups is 1. The molecule has 2 aromatic rings. The molecule has 0 saturated heterocycles. The van der Waals surface area contributed by atoms with Crippen molar-refractivity contribution in [3.05, 3.63) is 77.2 Å². The van der Waals surface area contributed by atoms with Crippen molar-refractivity contribution in [2.24, 2.45) is 0 Å². The second-order valence-electron chi connectivity index (χ2n) is 7.30. The molecule has 1 saturated carbocycles. The summed E-state index contributed by atoms with van der Waals surface area (Å²) in [5, 5.41) is 3.18. The van der Waals surface area contributed by atoms with Gasteiger partial charge in [0.25, 0.3) is 0 Å². The Hall–Kier alpha value is -2.76. The second-order valence-corrected chi connectivity index (χ2v) is 7.30. The van der Waals surface area contributed by atoms with Crippen molar-refractivity contribution in [3.63, 3.8) is 0 Å². The molecule has 0 radical (unpaired) electrons. The number of carbonyl (C=O) groups excluding carboxylic acids is 1. The number of hydrogen-bond acceptors (Lipinski definition) is 3. The molecular weight excluding hydrogens is 367 g/mol. The largest absolute Gasteiger partial charge is 0.466 e. The SMILES string of the molecule is CC(c1ccccc1)C1OC(NC2CC2)=C(c2cccc(C(F)(F)F)c2)C1=O. The van der Waals surface area contributed by atoms with E-state index in [0.717, 1.165) is 30.5 Å². The minimum Gasteiger partial charge on any atom is -0.466 e. The molecule has 2 aliphatic rings. The van der Waals surface area contributed by atoms with Gasteiger partial charge >= 0.3 is 6.18 Å². The van der Waals surface area contributed by atoms with Crippen molar-refractivity contribution in [3.8, 4) is 0 Å². The van der Waals surface area contributed by atoms with Crippen LogP contribution in [0.1, 0.15) is 42.4 Å². The minimum absolute atomic E-state index is 0.200. The van der Waals surface area contributed by atoms with E-state index in [1.165, 1.54) is 12.1 Å². The maximum absolute atomic E-state index is 13.2. The Morgan fingerprint density at radius 2 is 1.79 bits per heavy atom. The molecule has 6 heteroatoms. The van der Waals surface area contributed by atoms with Gasteiger partial charge in [-0.15, -0.1) is 0 Å². The molecule has 0 bridgehead atoms. The lowest BCUT2D eigenvalue weighted by Crippen LogP contribution is -2.26. The zero-order valence-electron chi connectivity index (χ0n) is 15.3. The number of alkyl halides is 3. The first-order valence-corrected chi connectivity index (χ1v) is 9.29. The van der Waals surface area contributed by atoms with E-state index in [2.05, 4.69) is 5.32 Å². The van der Waals surface area contributed by atoms with Crippen LogP contribution in [0.3, 0.4) is 0 Å². The number of ketones is 1. The third-order valence-electron chi connectivity index (χ3n) is 5.15. The summed E-state index contributed by atoms with van der Waals surface area (Å²) < 4.78 is 45.4. The van der Waals surface area contributed by atoms with Gasteiger partial charge < -0.3 is 10.1 Å². The quantitative estimate of drug-likeness (QED) is 0.793. The number of ether oxygens (including phenoxy) is 1. The highest BCUT2D eigenvalue weighted by atomic mass is 19.4. The fourth-order valence-corrected chi connectivity index (χ4v) is 3.40. The number of Topliss-reactive ketones (excluding diaryl/α,β-unsaturated/α-hetero) is 1. The molecule has 0 spiro atoms. The Morgan fingerprint density at radius 3 is 2.43 bits per heavy atom. The highest BCUT2D eigenvalue weighted by molar-refractivity contribution is 6.25. The topological polar surface area (TPSA) is 38.3 Å². The van der Waals surface area contributed by atoms with E-state index < -0.39 is 17.8 Å². The summed E-state index contributed by atoms with van der Waals surface area (Å²) in [7, 11) is 0. The van der Waals surface area contributed by atoms with Crippen LogP contribution < -0.4 is 5.32 Å². The van der Waals surface area contributed by atoms with Crippen molar-refractivity contribution in [2.75, 3.05) is 0 Å². The normalized spacial score (nSPS) is 20.9. The number of halogens is 3. The van der Waals surface area contributed by atoms with Crippen LogP contribution in [0.4, 0.5) is 13.2 Å². The first kappa shape index (κ1) is 18.6. The maximum Gasteiger partial charge on any atom is 0.416 e. The lowest BCUT2D eigenvalue weighted by Gasteiger charge is -2.19. The Bertz CT molecular complexity index is 917. The standard InChI is InChI=1S/C22H20F3NO2/c1-13(14-6-3-2-4-7-14)20-19(27)18(21(28-20)26-17-10-11-17)15-8-5-9-16(12-15)22(23,24)25/h2-9,12-13,17,20,26H,10-11H2,1H3. The smallest absolute Gasteiger partial charge is 0.416 e. The van der Waals surface area contributed by atoms with Crippen LogP contribution in [-0.2, 0) is 15.7 Å². The fraction of sp³-hybridized carbons (Fsp3) is 0.318. The Kier molecular flexibility index (Phi) is 4.65. The number of hydrogen-bond donors (Lipinski definition) is 1. The van der Waals surface area contributed by atoms with Gasteiger partial charge in [-0.25, -0.2) is 0 Å². The minimum atomic E-state index is -4.47. The fourth-order valence-electron chi connectivity index (χ4n) is 3.40. The van der Waals surface area contributed by atoms with Crippen LogP contribution in [-0.4, -0.2) is 17.9 Å². The summed E-state index contributed by atoms with van der Waals surface area (Å²) in [6.07, 6.45) is -3.33. The van der Waals surface area contributed by atoms with Gasteiger partial charge in [0.1, 0.15) is 0 Å². The Balaban J connectivity index is 1.70. The van der Waals surface area contributed by atoms with Gasteiger partial charge in [-0.3, -0.25) is 4.79 Å². The molecule has 1 fully saturated rings. The third-order valence-corrected chi connectivity index (χ3v) is 5.15. The van der Waals surface area contributed by atoms with Gasteiger partial charge in [-0.1, -0.05) is 49.4 Å². The zero-order valence-corrected chi connectivity index (χ0v) is 15.3. The summed E-state index contributed by atoms with van der Waals surface area (Å²) >= 11 is 0. The summed E-state index contributed by atoms with van der Waals surface area (Å²) in [5.74, 6) is -0.230. The molecule has 2 atom stereocenters. The molecule has 1 aliphatic carbocycles. The van der Waals surface area contributed by atoms with Crippen LogP contribution in [0.2, 0.25) is 0 Å². The van der Waals surface area contributed by atoms with E-state index in [9.17, 15) is 18.0 Å². The molecular formula is C22H20F3NO2. The van der Waals surface area contributed by atoms with Crippen LogP contribution >= 0.6 is 0 Å². The average Bonchev–Trinajstić information content (AvgIpc) is 3.43. The van der Waals surface area contributed by atoms with Gasteiger partial charge in [0.15, 0.2) is 12.0 Å². The van der Waals surface area contributed by atoms with Gasteiger partial charge in [-0.05, 0) is 36.1 Å². The molecule has 146 valence electrons. The first-order chi connectivity index (χ1) is 13.3. The van der Waals surface area contributed by atoms with Crippen molar-refractivity contribution in [2.45, 2.75) is 44.0 Å². The van der Waals surface area contributed by atoms with Crippen molar-refractivity contribution >= 4 is 11.4 Å². The summed E-state index contributed by atoms with van der Waals surface area (Å²) in [6, 6.07) is 14.6. The molecule has 4 rings (SSSR count). The summed E-state index contributed by atoms with van der Waals surface area (Å²) in [4.78, 5) is 13.2. The monoisotopic (exact) mass is 387 g/mol. The molecule has 1 aliphatic heterocycles. The molecule has 0 aromatic heterocycles.